The minimum absolute atomic E-state index is 0.315. The van der Waals surface area contributed by atoms with E-state index in [0.29, 0.717) is 13.2 Å². The van der Waals surface area contributed by atoms with E-state index in [-0.39, 0.29) is 5.97 Å². The standard InChI is InChI=1S/C9H14ClNO3/c1-13-9(12)8-7-11(4-2-3-10)5-6-14-8/h2-3,8H,4-7H2,1H3/b3-2+. The maximum Gasteiger partial charge on any atom is 0.336 e. The Morgan fingerprint density at radius 2 is 2.57 bits per heavy atom. The van der Waals surface area contributed by atoms with Crippen LogP contribution in [0.25, 0.3) is 0 Å². The first-order valence-corrected chi connectivity index (χ1v) is 4.88. The lowest BCUT2D eigenvalue weighted by molar-refractivity contribution is -0.159. The van der Waals surface area contributed by atoms with Crippen LogP contribution < -0.4 is 0 Å². The van der Waals surface area contributed by atoms with Crippen LogP contribution in [0.4, 0.5) is 0 Å². The van der Waals surface area contributed by atoms with Gasteiger partial charge in [0.15, 0.2) is 6.10 Å². The molecule has 0 aromatic rings. The molecule has 1 fully saturated rings. The van der Waals surface area contributed by atoms with E-state index in [1.54, 1.807) is 0 Å². The average Bonchev–Trinajstić information content (AvgIpc) is 2.25. The van der Waals surface area contributed by atoms with Crippen LogP contribution in [-0.2, 0) is 14.3 Å². The van der Waals surface area contributed by atoms with Gasteiger partial charge in [0.2, 0.25) is 0 Å². The van der Waals surface area contributed by atoms with Crippen LogP contribution in [0.3, 0.4) is 0 Å². The van der Waals surface area contributed by atoms with E-state index in [4.69, 9.17) is 16.3 Å². The van der Waals surface area contributed by atoms with Crippen LogP contribution in [-0.4, -0.2) is 50.3 Å². The Bertz CT molecular complexity index is 220. The Balaban J connectivity index is 2.39. The minimum Gasteiger partial charge on any atom is -0.467 e. The molecule has 0 bridgehead atoms. The van der Waals surface area contributed by atoms with Gasteiger partial charge >= 0.3 is 5.97 Å². The van der Waals surface area contributed by atoms with Gasteiger partial charge in [-0.15, -0.1) is 0 Å². The molecule has 0 spiro atoms. The summed E-state index contributed by atoms with van der Waals surface area (Å²) in [6.07, 6.45) is 1.37. The van der Waals surface area contributed by atoms with Gasteiger partial charge in [0, 0.05) is 25.2 Å². The van der Waals surface area contributed by atoms with Gasteiger partial charge in [-0.3, -0.25) is 4.90 Å². The second kappa shape index (κ2) is 6.01. The molecule has 1 aliphatic rings. The van der Waals surface area contributed by atoms with E-state index < -0.39 is 6.10 Å². The summed E-state index contributed by atoms with van der Waals surface area (Å²) < 4.78 is 9.88. The van der Waals surface area contributed by atoms with Gasteiger partial charge in [0.1, 0.15) is 0 Å². The van der Waals surface area contributed by atoms with E-state index in [9.17, 15) is 4.79 Å². The Morgan fingerprint density at radius 1 is 1.79 bits per heavy atom. The number of carbonyl (C=O) groups is 1. The number of halogens is 1. The fourth-order valence-corrected chi connectivity index (χ4v) is 1.41. The number of esters is 1. The van der Waals surface area contributed by atoms with Crippen LogP contribution in [0.1, 0.15) is 0 Å². The Kier molecular flexibility index (Phi) is 4.93. The molecule has 0 aromatic carbocycles. The van der Waals surface area contributed by atoms with Gasteiger partial charge in [-0.25, -0.2) is 4.79 Å². The van der Waals surface area contributed by atoms with Crippen LogP contribution >= 0.6 is 11.6 Å². The van der Waals surface area contributed by atoms with Gasteiger partial charge in [0.25, 0.3) is 0 Å². The predicted molar refractivity (Wildman–Crippen MR) is 53.2 cm³/mol. The first kappa shape index (κ1) is 11.5. The third-order valence-electron chi connectivity index (χ3n) is 2.07. The van der Waals surface area contributed by atoms with Crippen molar-refractivity contribution in [1.82, 2.24) is 4.90 Å². The van der Waals surface area contributed by atoms with E-state index in [0.717, 1.165) is 13.1 Å². The Labute approximate surface area is 88.4 Å². The largest absolute Gasteiger partial charge is 0.467 e. The number of hydrogen-bond donors (Lipinski definition) is 0. The maximum atomic E-state index is 11.2. The highest BCUT2D eigenvalue weighted by Gasteiger charge is 2.26. The lowest BCUT2D eigenvalue weighted by Crippen LogP contribution is -2.46. The highest BCUT2D eigenvalue weighted by Crippen LogP contribution is 2.06. The third-order valence-corrected chi connectivity index (χ3v) is 2.25. The summed E-state index contributed by atoms with van der Waals surface area (Å²) in [7, 11) is 1.36. The molecular formula is C9H14ClNO3. The first-order valence-electron chi connectivity index (χ1n) is 4.45. The highest BCUT2D eigenvalue weighted by molar-refractivity contribution is 6.25. The summed E-state index contributed by atoms with van der Waals surface area (Å²) in [6, 6.07) is 0. The van der Waals surface area contributed by atoms with Crippen molar-refractivity contribution >= 4 is 17.6 Å². The zero-order valence-electron chi connectivity index (χ0n) is 8.11. The molecule has 1 heterocycles. The van der Waals surface area contributed by atoms with Gasteiger partial charge in [0.05, 0.1) is 13.7 Å². The number of rotatable bonds is 3. The molecule has 80 valence electrons. The second-order valence-corrected chi connectivity index (χ2v) is 3.26. The molecule has 1 unspecified atom stereocenters. The smallest absolute Gasteiger partial charge is 0.336 e. The van der Waals surface area contributed by atoms with Gasteiger partial charge < -0.3 is 9.47 Å². The lowest BCUT2D eigenvalue weighted by atomic mass is 10.2. The topological polar surface area (TPSA) is 38.8 Å². The molecule has 0 radical (unpaired) electrons. The van der Waals surface area contributed by atoms with Crippen molar-refractivity contribution in [2.24, 2.45) is 0 Å². The number of morpholine rings is 1. The second-order valence-electron chi connectivity index (χ2n) is 3.00. The SMILES string of the molecule is COC(=O)C1CN(C/C=C/Cl)CCO1. The lowest BCUT2D eigenvalue weighted by Gasteiger charge is -2.30. The van der Waals surface area contributed by atoms with Crippen LogP contribution in [0.5, 0.6) is 0 Å². The normalized spacial score (nSPS) is 24.0. The van der Waals surface area contributed by atoms with Crippen LogP contribution in [0, 0.1) is 0 Å². The molecule has 1 rings (SSSR count). The van der Waals surface area contributed by atoms with Crippen molar-refractivity contribution in [3.8, 4) is 0 Å². The summed E-state index contributed by atoms with van der Waals surface area (Å²) in [4.78, 5) is 13.3. The summed E-state index contributed by atoms with van der Waals surface area (Å²) in [6.45, 7) is 2.67. The molecule has 5 heteroatoms. The molecule has 0 amide bonds. The maximum absolute atomic E-state index is 11.2. The Hall–Kier alpha value is -0.580. The number of ether oxygens (including phenoxy) is 2. The molecule has 0 N–H and O–H groups in total. The van der Waals surface area contributed by atoms with Crippen molar-refractivity contribution < 1.29 is 14.3 Å². The molecule has 1 aliphatic heterocycles. The molecule has 14 heavy (non-hydrogen) atoms. The minimum atomic E-state index is -0.461. The quantitative estimate of drug-likeness (QED) is 0.653. The number of hydrogen-bond acceptors (Lipinski definition) is 4. The predicted octanol–water partition coefficient (Wildman–Crippen LogP) is 0.613. The molecular weight excluding hydrogens is 206 g/mol. The van der Waals surface area contributed by atoms with Crippen LogP contribution in [0.2, 0.25) is 0 Å². The summed E-state index contributed by atoms with van der Waals surface area (Å²) >= 11 is 5.42. The van der Waals surface area contributed by atoms with Crippen molar-refractivity contribution in [3.05, 3.63) is 11.6 Å². The zero-order chi connectivity index (χ0) is 10.4. The van der Waals surface area contributed by atoms with Crippen molar-refractivity contribution in [2.75, 3.05) is 33.4 Å². The molecule has 1 saturated heterocycles. The monoisotopic (exact) mass is 219 g/mol. The van der Waals surface area contributed by atoms with Crippen molar-refractivity contribution in [3.63, 3.8) is 0 Å². The number of carbonyl (C=O) groups excluding carboxylic acids is 1. The molecule has 4 nitrogen and oxygen atoms in total. The van der Waals surface area contributed by atoms with Crippen molar-refractivity contribution in [1.29, 1.82) is 0 Å². The van der Waals surface area contributed by atoms with E-state index in [1.807, 2.05) is 6.08 Å². The van der Waals surface area contributed by atoms with Gasteiger partial charge in [-0.2, -0.15) is 0 Å². The summed E-state index contributed by atoms with van der Waals surface area (Å²) in [5, 5.41) is 0. The molecule has 0 aromatic heterocycles. The van der Waals surface area contributed by atoms with Crippen molar-refractivity contribution in [2.45, 2.75) is 6.10 Å². The fraction of sp³-hybridized carbons (Fsp3) is 0.667. The summed E-state index contributed by atoms with van der Waals surface area (Å²) in [5.41, 5.74) is 1.47. The average molecular weight is 220 g/mol. The van der Waals surface area contributed by atoms with E-state index >= 15 is 0 Å². The third kappa shape index (κ3) is 3.29. The summed E-state index contributed by atoms with van der Waals surface area (Å²) in [5.74, 6) is -0.315. The van der Waals surface area contributed by atoms with Crippen LogP contribution in [0.15, 0.2) is 11.6 Å². The molecule has 0 aliphatic carbocycles. The Morgan fingerprint density at radius 3 is 3.21 bits per heavy atom. The highest BCUT2D eigenvalue weighted by atomic mass is 35.5. The number of methoxy groups -OCH3 is 1. The van der Waals surface area contributed by atoms with E-state index in [1.165, 1.54) is 12.6 Å². The van der Waals surface area contributed by atoms with Gasteiger partial charge in [-0.1, -0.05) is 17.7 Å². The zero-order valence-corrected chi connectivity index (χ0v) is 8.87. The molecule has 0 saturated carbocycles. The number of nitrogens with zero attached hydrogens (tertiary/aromatic N) is 1. The molecule has 1 atom stereocenters. The fourth-order valence-electron chi connectivity index (χ4n) is 1.33. The first-order chi connectivity index (χ1) is 6.77. The van der Waals surface area contributed by atoms with Gasteiger partial charge in [-0.05, 0) is 0 Å². The van der Waals surface area contributed by atoms with E-state index in [2.05, 4.69) is 9.64 Å².